The van der Waals surface area contributed by atoms with Crippen LogP contribution >= 0.6 is 0 Å². The van der Waals surface area contributed by atoms with Gasteiger partial charge in [-0.15, -0.1) is 0 Å². The van der Waals surface area contributed by atoms with E-state index in [1.807, 2.05) is 0 Å². The lowest BCUT2D eigenvalue weighted by atomic mass is 9.82. The van der Waals surface area contributed by atoms with E-state index in [1.165, 1.54) is 50.8 Å². The van der Waals surface area contributed by atoms with Gasteiger partial charge in [0.05, 0.1) is 44.9 Å². The van der Waals surface area contributed by atoms with Gasteiger partial charge >= 0.3 is 11.9 Å². The Labute approximate surface area is 185 Å². The third-order valence-electron chi connectivity index (χ3n) is 5.23. The van der Waals surface area contributed by atoms with Crippen LogP contribution < -0.4 is 4.74 Å². The van der Waals surface area contributed by atoms with Crippen LogP contribution in [0.1, 0.15) is 18.4 Å². The molecular weight excluding hydrogens is 414 g/mol. The number of hydrogen-bond acceptors (Lipinski definition) is 8. The van der Waals surface area contributed by atoms with Gasteiger partial charge in [0, 0.05) is 29.1 Å². The lowest BCUT2D eigenvalue weighted by molar-refractivity contribution is -0.137. The van der Waals surface area contributed by atoms with Crippen molar-refractivity contribution >= 4 is 23.5 Å². The Bertz CT molecular complexity index is 1070. The molecule has 0 saturated carbocycles. The number of esters is 2. The largest absolute Gasteiger partial charge is 0.496 e. The Morgan fingerprint density at radius 2 is 1.50 bits per heavy atom. The van der Waals surface area contributed by atoms with Crippen LogP contribution in [0.15, 0.2) is 71.1 Å². The summed E-state index contributed by atoms with van der Waals surface area (Å²) in [6.45, 7) is 1.55. The number of carbonyl (C=O) groups is 4. The van der Waals surface area contributed by atoms with E-state index in [9.17, 15) is 19.2 Å². The van der Waals surface area contributed by atoms with Crippen molar-refractivity contribution in [2.75, 3.05) is 27.9 Å². The van der Waals surface area contributed by atoms with E-state index in [-0.39, 0.29) is 34.8 Å². The summed E-state index contributed by atoms with van der Waals surface area (Å²) in [5.41, 5.74) is 1.47. The molecule has 0 aromatic heterocycles. The fraction of sp³-hybridized carbons (Fsp3) is 0.250. The van der Waals surface area contributed by atoms with Gasteiger partial charge in [-0.25, -0.2) is 9.59 Å². The molecule has 0 N–H and O–H groups in total. The molecular formula is C24H23NO7. The monoisotopic (exact) mass is 437 g/mol. The van der Waals surface area contributed by atoms with Crippen molar-refractivity contribution in [3.05, 3.63) is 76.7 Å². The highest BCUT2D eigenvalue weighted by Crippen LogP contribution is 2.41. The van der Waals surface area contributed by atoms with E-state index >= 15 is 0 Å². The molecule has 1 aliphatic carbocycles. The number of ketones is 2. The highest BCUT2D eigenvalue weighted by Gasteiger charge is 2.37. The molecule has 0 fully saturated rings. The van der Waals surface area contributed by atoms with Crippen LogP contribution in [0, 0.1) is 0 Å². The molecule has 32 heavy (non-hydrogen) atoms. The Balaban J connectivity index is 2.10. The van der Waals surface area contributed by atoms with Crippen molar-refractivity contribution < 1.29 is 33.4 Å². The van der Waals surface area contributed by atoms with E-state index in [0.29, 0.717) is 16.9 Å². The van der Waals surface area contributed by atoms with E-state index in [4.69, 9.17) is 14.2 Å². The molecule has 0 amide bonds. The summed E-state index contributed by atoms with van der Waals surface area (Å²) in [4.78, 5) is 51.3. The summed E-state index contributed by atoms with van der Waals surface area (Å²) < 4.78 is 15.4. The SMILES string of the molecule is COC(=O)C1=CN(CC2=CC(=O)C(C)=CC2=O)C=C(C(=O)OC)C1c1ccccc1OC. The number of methoxy groups -OCH3 is 3. The average Bonchev–Trinajstić information content (AvgIpc) is 2.80. The molecule has 1 aliphatic heterocycles. The molecule has 0 spiro atoms. The number of carbonyl (C=O) groups excluding carboxylic acids is 4. The van der Waals surface area contributed by atoms with Crippen molar-refractivity contribution in [3.8, 4) is 5.75 Å². The van der Waals surface area contributed by atoms with Gasteiger partial charge in [0.25, 0.3) is 0 Å². The minimum atomic E-state index is -0.817. The first-order chi connectivity index (χ1) is 15.3. The molecule has 0 bridgehead atoms. The number of benzene rings is 1. The maximum atomic E-state index is 12.7. The van der Waals surface area contributed by atoms with E-state index in [2.05, 4.69) is 0 Å². The zero-order chi connectivity index (χ0) is 23.4. The number of nitrogens with zero attached hydrogens (tertiary/aromatic N) is 1. The van der Waals surface area contributed by atoms with Gasteiger partial charge in [-0.3, -0.25) is 9.59 Å². The molecule has 2 aliphatic rings. The van der Waals surface area contributed by atoms with Crippen molar-refractivity contribution in [2.45, 2.75) is 12.8 Å². The fourth-order valence-electron chi connectivity index (χ4n) is 3.64. The maximum Gasteiger partial charge on any atom is 0.336 e. The first-order valence-corrected chi connectivity index (χ1v) is 9.77. The third kappa shape index (κ3) is 4.39. The Hall–Kier alpha value is -3.94. The minimum Gasteiger partial charge on any atom is -0.496 e. The Kier molecular flexibility index (Phi) is 6.73. The summed E-state index contributed by atoms with van der Waals surface area (Å²) in [6, 6.07) is 7.00. The lowest BCUT2D eigenvalue weighted by Crippen LogP contribution is -2.31. The molecule has 3 rings (SSSR count). The molecule has 1 aromatic rings. The van der Waals surface area contributed by atoms with Crippen LogP contribution in [-0.4, -0.2) is 56.3 Å². The summed E-state index contributed by atoms with van der Waals surface area (Å²) in [5.74, 6) is -2.23. The van der Waals surface area contributed by atoms with Gasteiger partial charge in [0.2, 0.25) is 0 Å². The predicted octanol–water partition coefficient (Wildman–Crippen LogP) is 2.23. The topological polar surface area (TPSA) is 99.2 Å². The molecule has 0 saturated heterocycles. The van der Waals surface area contributed by atoms with Gasteiger partial charge in [-0.1, -0.05) is 18.2 Å². The van der Waals surface area contributed by atoms with Crippen molar-refractivity contribution in [1.82, 2.24) is 4.90 Å². The van der Waals surface area contributed by atoms with Gasteiger partial charge in [0.1, 0.15) is 5.75 Å². The Morgan fingerprint density at radius 1 is 0.906 bits per heavy atom. The van der Waals surface area contributed by atoms with E-state index < -0.39 is 17.9 Å². The van der Waals surface area contributed by atoms with Gasteiger partial charge in [0.15, 0.2) is 11.6 Å². The summed E-state index contributed by atoms with van der Waals surface area (Å²) in [7, 11) is 3.97. The van der Waals surface area contributed by atoms with Crippen LogP contribution in [0.2, 0.25) is 0 Å². The fourth-order valence-corrected chi connectivity index (χ4v) is 3.64. The van der Waals surface area contributed by atoms with Crippen molar-refractivity contribution in [3.63, 3.8) is 0 Å². The standard InChI is InChI=1S/C24H23NO7/c1-14-9-20(27)15(10-19(14)26)11-25-12-17(23(28)31-3)22(18(13-25)24(29)32-4)16-7-5-6-8-21(16)30-2/h5-10,12-13,22H,11H2,1-4H3. The molecule has 1 aromatic carbocycles. The normalized spacial score (nSPS) is 16.6. The molecule has 1 heterocycles. The summed E-state index contributed by atoms with van der Waals surface area (Å²) in [6.07, 6.45) is 5.54. The highest BCUT2D eigenvalue weighted by atomic mass is 16.5. The summed E-state index contributed by atoms with van der Waals surface area (Å²) in [5, 5.41) is 0. The number of ether oxygens (including phenoxy) is 3. The molecule has 8 heteroatoms. The molecule has 0 unspecified atom stereocenters. The zero-order valence-electron chi connectivity index (χ0n) is 18.2. The molecule has 0 atom stereocenters. The minimum absolute atomic E-state index is 0.0199. The first-order valence-electron chi connectivity index (χ1n) is 9.77. The zero-order valence-corrected chi connectivity index (χ0v) is 18.2. The Morgan fingerprint density at radius 3 is 2.06 bits per heavy atom. The molecule has 0 radical (unpaired) electrons. The predicted molar refractivity (Wildman–Crippen MR) is 114 cm³/mol. The quantitative estimate of drug-likeness (QED) is 0.494. The number of rotatable bonds is 6. The van der Waals surface area contributed by atoms with E-state index in [1.54, 1.807) is 31.2 Å². The highest BCUT2D eigenvalue weighted by molar-refractivity contribution is 6.19. The van der Waals surface area contributed by atoms with Crippen LogP contribution in [0.3, 0.4) is 0 Å². The van der Waals surface area contributed by atoms with Crippen molar-refractivity contribution in [2.24, 2.45) is 0 Å². The second-order valence-corrected chi connectivity index (χ2v) is 7.22. The molecule has 8 nitrogen and oxygen atoms in total. The molecule has 166 valence electrons. The van der Waals surface area contributed by atoms with Gasteiger partial charge < -0.3 is 19.1 Å². The third-order valence-corrected chi connectivity index (χ3v) is 5.23. The lowest BCUT2D eigenvalue weighted by Gasteiger charge is -2.31. The smallest absolute Gasteiger partial charge is 0.336 e. The van der Waals surface area contributed by atoms with Crippen LogP contribution in [0.4, 0.5) is 0 Å². The van der Waals surface area contributed by atoms with Crippen LogP contribution in [0.5, 0.6) is 5.75 Å². The van der Waals surface area contributed by atoms with E-state index in [0.717, 1.165) is 0 Å². The maximum absolute atomic E-state index is 12.7. The second kappa shape index (κ2) is 9.47. The van der Waals surface area contributed by atoms with Crippen LogP contribution in [-0.2, 0) is 28.7 Å². The number of allylic oxidation sites excluding steroid dienone is 3. The van der Waals surface area contributed by atoms with Crippen LogP contribution in [0.25, 0.3) is 0 Å². The average molecular weight is 437 g/mol. The van der Waals surface area contributed by atoms with Crippen molar-refractivity contribution in [1.29, 1.82) is 0 Å². The van der Waals surface area contributed by atoms with Gasteiger partial charge in [-0.2, -0.15) is 0 Å². The number of para-hydroxylation sites is 1. The van der Waals surface area contributed by atoms with Gasteiger partial charge in [-0.05, 0) is 25.1 Å². The number of hydrogen-bond donors (Lipinski definition) is 0. The summed E-state index contributed by atoms with van der Waals surface area (Å²) >= 11 is 0. The second-order valence-electron chi connectivity index (χ2n) is 7.22. The first kappa shape index (κ1) is 22.7.